The smallest absolute Gasteiger partial charge is 0.252 e. The van der Waals surface area contributed by atoms with Crippen molar-refractivity contribution >= 4 is 29.0 Å². The maximum absolute atomic E-state index is 11.6. The second kappa shape index (κ2) is 7.05. The van der Waals surface area contributed by atoms with E-state index in [-0.39, 0.29) is 16.8 Å². The molecule has 24 heavy (non-hydrogen) atoms. The van der Waals surface area contributed by atoms with E-state index in [1.807, 2.05) is 0 Å². The van der Waals surface area contributed by atoms with Gasteiger partial charge in [-0.3, -0.25) is 4.79 Å². The van der Waals surface area contributed by atoms with Crippen molar-refractivity contribution in [1.29, 1.82) is 0 Å². The van der Waals surface area contributed by atoms with Crippen LogP contribution >= 0.6 is 11.6 Å². The second-order valence-corrected chi connectivity index (χ2v) is 6.45. The summed E-state index contributed by atoms with van der Waals surface area (Å²) < 4.78 is 0. The number of hydrogen-bond donors (Lipinski definition) is 2. The van der Waals surface area contributed by atoms with Gasteiger partial charge in [0.05, 0.1) is 5.56 Å². The number of carbonyl (C=O) groups excluding carboxylic acids is 1. The molecule has 1 fully saturated rings. The van der Waals surface area contributed by atoms with Crippen LogP contribution in [0.4, 0.5) is 11.5 Å². The monoisotopic (exact) mass is 345 g/mol. The van der Waals surface area contributed by atoms with Gasteiger partial charge in [0.1, 0.15) is 0 Å². The van der Waals surface area contributed by atoms with Crippen molar-refractivity contribution in [2.24, 2.45) is 5.73 Å². The Kier molecular flexibility index (Phi) is 4.85. The third kappa shape index (κ3) is 3.76. The first kappa shape index (κ1) is 16.5. The molecule has 6 nitrogen and oxygen atoms in total. The highest BCUT2D eigenvalue weighted by molar-refractivity contribution is 6.29. The van der Waals surface area contributed by atoms with E-state index >= 15 is 0 Å². The molecule has 0 saturated carbocycles. The molecule has 1 saturated heterocycles. The highest BCUT2D eigenvalue weighted by atomic mass is 35.5. The van der Waals surface area contributed by atoms with Gasteiger partial charge in [-0.2, -0.15) is 0 Å². The zero-order valence-electron chi connectivity index (χ0n) is 13.5. The quantitative estimate of drug-likeness (QED) is 0.889. The third-order valence-electron chi connectivity index (χ3n) is 4.19. The lowest BCUT2D eigenvalue weighted by Gasteiger charge is -2.35. The first-order valence-electron chi connectivity index (χ1n) is 7.94. The Morgan fingerprint density at radius 1 is 1.33 bits per heavy atom. The predicted molar refractivity (Wildman–Crippen MR) is 95.6 cm³/mol. The molecule has 1 amide bonds. The number of rotatable bonds is 4. The number of halogens is 1. The minimum absolute atomic E-state index is 0.152. The number of amides is 1. The zero-order chi connectivity index (χ0) is 17.1. The number of carbonyl (C=O) groups is 1. The van der Waals surface area contributed by atoms with E-state index in [0.29, 0.717) is 5.82 Å². The molecule has 2 heterocycles. The molecule has 7 heteroatoms. The number of aryl methyl sites for hydroxylation is 1. The van der Waals surface area contributed by atoms with Crippen molar-refractivity contribution < 1.29 is 4.79 Å². The highest BCUT2D eigenvalue weighted by Gasteiger charge is 2.22. The molecular weight excluding hydrogens is 326 g/mol. The molecule has 1 aromatic carbocycles. The molecule has 0 bridgehead atoms. The molecule has 2 aromatic rings. The SMILES string of the molecule is Cc1ccc(N2CCCC(Nc3nnc(Cl)cc3C(N)=O)C2)cc1. The van der Waals surface area contributed by atoms with Crippen LogP contribution in [0.2, 0.25) is 5.15 Å². The maximum atomic E-state index is 11.6. The third-order valence-corrected chi connectivity index (χ3v) is 4.38. The average molecular weight is 346 g/mol. The van der Waals surface area contributed by atoms with E-state index in [0.717, 1.165) is 25.9 Å². The molecule has 3 N–H and O–H groups in total. The summed E-state index contributed by atoms with van der Waals surface area (Å²) >= 11 is 5.80. The molecule has 0 aliphatic carbocycles. The van der Waals surface area contributed by atoms with E-state index in [1.165, 1.54) is 17.3 Å². The van der Waals surface area contributed by atoms with Crippen molar-refractivity contribution in [3.05, 3.63) is 46.6 Å². The molecule has 1 unspecified atom stereocenters. The van der Waals surface area contributed by atoms with Crippen LogP contribution in [0.3, 0.4) is 0 Å². The second-order valence-electron chi connectivity index (χ2n) is 6.06. The molecule has 1 aliphatic heterocycles. The lowest BCUT2D eigenvalue weighted by molar-refractivity contribution is 0.100. The number of nitrogens with one attached hydrogen (secondary N) is 1. The van der Waals surface area contributed by atoms with Gasteiger partial charge in [0.2, 0.25) is 0 Å². The molecule has 3 rings (SSSR count). The Balaban J connectivity index is 1.74. The Labute approximate surface area is 146 Å². The molecule has 1 aromatic heterocycles. The summed E-state index contributed by atoms with van der Waals surface area (Å²) in [4.78, 5) is 13.9. The van der Waals surface area contributed by atoms with Crippen molar-refractivity contribution in [2.75, 3.05) is 23.3 Å². The fourth-order valence-corrected chi connectivity index (χ4v) is 3.09. The van der Waals surface area contributed by atoms with Gasteiger partial charge in [0, 0.05) is 24.8 Å². The van der Waals surface area contributed by atoms with Crippen LogP contribution in [0, 0.1) is 6.92 Å². The van der Waals surface area contributed by atoms with Gasteiger partial charge in [0.15, 0.2) is 11.0 Å². The van der Waals surface area contributed by atoms with Crippen molar-refractivity contribution in [2.45, 2.75) is 25.8 Å². The molecular formula is C17H20ClN5O. The normalized spacial score (nSPS) is 17.6. The number of piperidine rings is 1. The number of primary amides is 1. The van der Waals surface area contributed by atoms with E-state index in [2.05, 4.69) is 51.6 Å². The van der Waals surface area contributed by atoms with E-state index in [9.17, 15) is 4.79 Å². The van der Waals surface area contributed by atoms with Gasteiger partial charge in [-0.25, -0.2) is 0 Å². The topological polar surface area (TPSA) is 84.1 Å². The fourth-order valence-electron chi connectivity index (χ4n) is 2.94. The average Bonchev–Trinajstić information content (AvgIpc) is 2.57. The minimum atomic E-state index is -0.569. The van der Waals surface area contributed by atoms with Crippen molar-refractivity contribution in [1.82, 2.24) is 10.2 Å². The summed E-state index contributed by atoms with van der Waals surface area (Å²) in [6, 6.07) is 10.1. The van der Waals surface area contributed by atoms with E-state index in [4.69, 9.17) is 17.3 Å². The predicted octanol–water partition coefficient (Wildman–Crippen LogP) is 2.62. The van der Waals surface area contributed by atoms with Crippen LogP contribution < -0.4 is 16.0 Å². The molecule has 1 aliphatic rings. The maximum Gasteiger partial charge on any atom is 0.252 e. The summed E-state index contributed by atoms with van der Waals surface area (Å²) in [7, 11) is 0. The first-order chi connectivity index (χ1) is 11.5. The van der Waals surface area contributed by atoms with Crippen LogP contribution in [0.1, 0.15) is 28.8 Å². The van der Waals surface area contributed by atoms with Gasteiger partial charge < -0.3 is 16.0 Å². The number of hydrogen-bond acceptors (Lipinski definition) is 5. The van der Waals surface area contributed by atoms with Crippen LogP contribution in [-0.4, -0.2) is 35.2 Å². The van der Waals surface area contributed by atoms with Crippen LogP contribution in [-0.2, 0) is 0 Å². The summed E-state index contributed by atoms with van der Waals surface area (Å²) in [6.07, 6.45) is 2.04. The fraction of sp³-hybridized carbons (Fsp3) is 0.353. The number of nitrogens with two attached hydrogens (primary N) is 1. The molecule has 0 spiro atoms. The Hall–Kier alpha value is -2.34. The van der Waals surface area contributed by atoms with Crippen LogP contribution in [0.15, 0.2) is 30.3 Å². The lowest BCUT2D eigenvalue weighted by atomic mass is 10.0. The van der Waals surface area contributed by atoms with Gasteiger partial charge in [-0.1, -0.05) is 29.3 Å². The van der Waals surface area contributed by atoms with Crippen LogP contribution in [0.25, 0.3) is 0 Å². The summed E-state index contributed by atoms with van der Waals surface area (Å²) in [6.45, 7) is 3.91. The Bertz CT molecular complexity index is 734. The lowest BCUT2D eigenvalue weighted by Crippen LogP contribution is -2.42. The number of benzene rings is 1. The molecule has 0 radical (unpaired) electrons. The Morgan fingerprint density at radius 3 is 2.79 bits per heavy atom. The van der Waals surface area contributed by atoms with E-state index < -0.39 is 5.91 Å². The summed E-state index contributed by atoms with van der Waals surface area (Å²) in [5.41, 5.74) is 8.11. The minimum Gasteiger partial charge on any atom is -0.369 e. The van der Waals surface area contributed by atoms with Gasteiger partial charge >= 0.3 is 0 Å². The van der Waals surface area contributed by atoms with Crippen LogP contribution in [0.5, 0.6) is 0 Å². The molecule has 126 valence electrons. The highest BCUT2D eigenvalue weighted by Crippen LogP contribution is 2.23. The largest absolute Gasteiger partial charge is 0.369 e. The standard InChI is InChI=1S/C17H20ClN5O/c1-11-4-6-13(7-5-11)23-8-2-3-12(10-23)20-17-14(16(19)24)9-15(18)21-22-17/h4-7,9,12H,2-3,8,10H2,1H3,(H2,19,24)(H,20,22). The van der Waals surface area contributed by atoms with Gasteiger partial charge in [0.25, 0.3) is 5.91 Å². The Morgan fingerprint density at radius 2 is 2.08 bits per heavy atom. The zero-order valence-corrected chi connectivity index (χ0v) is 14.3. The van der Waals surface area contributed by atoms with Crippen molar-refractivity contribution in [3.63, 3.8) is 0 Å². The number of anilines is 2. The first-order valence-corrected chi connectivity index (χ1v) is 8.32. The van der Waals surface area contributed by atoms with E-state index in [1.54, 1.807) is 0 Å². The number of nitrogens with zero attached hydrogens (tertiary/aromatic N) is 3. The number of aromatic nitrogens is 2. The van der Waals surface area contributed by atoms with Crippen molar-refractivity contribution in [3.8, 4) is 0 Å². The van der Waals surface area contributed by atoms with Gasteiger partial charge in [-0.05, 0) is 38.0 Å². The summed E-state index contributed by atoms with van der Waals surface area (Å²) in [5.74, 6) is -0.178. The summed E-state index contributed by atoms with van der Waals surface area (Å²) in [5, 5.41) is 11.2. The van der Waals surface area contributed by atoms with Gasteiger partial charge in [-0.15, -0.1) is 10.2 Å². The molecule has 1 atom stereocenters.